The number of carbonyl (C=O) groups excluding carboxylic acids is 16. The quantitative estimate of drug-likeness (QED) is 0.0150. The lowest BCUT2D eigenvalue weighted by atomic mass is 9.98. The van der Waals surface area contributed by atoms with E-state index in [2.05, 4.69) is 89.4 Å². The number of aromatic hydroxyl groups is 1. The first kappa shape index (κ1) is 110. The van der Waals surface area contributed by atoms with Crippen LogP contribution in [0.2, 0.25) is 0 Å². The van der Waals surface area contributed by atoms with Crippen molar-refractivity contribution < 1.29 is 96.8 Å². The van der Waals surface area contributed by atoms with Crippen LogP contribution < -0.4 is 91.6 Å². The first-order valence-electron chi connectivity index (χ1n) is 46.0. The number of nitrogens with two attached hydrogens (primary N) is 3. The van der Waals surface area contributed by atoms with E-state index in [0.29, 0.717) is 39.4 Å². The molecule has 43 nitrogen and oxygen atoms in total. The average Bonchev–Trinajstić information content (AvgIpc) is 1.69. The Morgan fingerprint density at radius 1 is 0.507 bits per heavy atom. The van der Waals surface area contributed by atoms with Crippen molar-refractivity contribution in [2.75, 3.05) is 51.8 Å². The number of carboxylic acids is 1. The van der Waals surface area contributed by atoms with Gasteiger partial charge in [0, 0.05) is 87.5 Å². The number of guanidine groups is 1. The molecule has 0 spiro atoms. The van der Waals surface area contributed by atoms with Crippen LogP contribution in [-0.4, -0.2) is 283 Å². The number of aromatic nitrogens is 3. The molecular weight excluding hydrogens is 1830 g/mol. The van der Waals surface area contributed by atoms with Gasteiger partial charge in [0.05, 0.1) is 31.7 Å². The third-order valence-electron chi connectivity index (χ3n) is 23.4. The molecule has 0 radical (unpaired) electrons. The summed E-state index contributed by atoms with van der Waals surface area (Å²) in [6.07, 6.45) is 1.11. The number of aliphatic hydroxyl groups excluding tert-OH is 1. The van der Waals surface area contributed by atoms with Crippen LogP contribution in [0.3, 0.4) is 0 Å². The molecule has 8 rings (SSSR count). The van der Waals surface area contributed by atoms with Crippen LogP contribution in [0.4, 0.5) is 0 Å². The van der Waals surface area contributed by atoms with Gasteiger partial charge in [0.15, 0.2) is 5.96 Å². The minimum atomic E-state index is -2.08. The summed E-state index contributed by atoms with van der Waals surface area (Å²) in [5, 5.41) is 76.5. The van der Waals surface area contributed by atoms with Gasteiger partial charge in [-0.15, -0.1) is 11.8 Å². The van der Waals surface area contributed by atoms with E-state index in [1.54, 1.807) is 113 Å². The second-order valence-corrected chi connectivity index (χ2v) is 36.4. The number of imidazole rings is 1. The number of likely N-dealkylation sites (N-methyl/N-ethyl adjacent to an activating group) is 2. The van der Waals surface area contributed by atoms with Crippen LogP contribution in [0.1, 0.15) is 115 Å². The lowest BCUT2D eigenvalue weighted by Crippen LogP contribution is -2.62. The predicted octanol–water partition coefficient (Wildman–Crippen LogP) is -1.56. The summed E-state index contributed by atoms with van der Waals surface area (Å²) in [4.78, 5) is 262. The van der Waals surface area contributed by atoms with Crippen molar-refractivity contribution in [2.45, 2.75) is 204 Å². The zero-order valence-corrected chi connectivity index (χ0v) is 80.3. The summed E-state index contributed by atoms with van der Waals surface area (Å²) in [7, 11) is 2.61. The number of aliphatic hydroxyl groups is 1. The number of amides is 16. The SMILES string of the molecule is CC(C)C[C@@H]1NC(=O)[C@H](CCCNC(=N)N)NC(=O)[C@H](Cc2ccccc2)N(C)C(=O)[C@H](C)N(C)C(=O)[C@H](CCCN)NC(=O)[C@H](Cc2ccc(-c3ccccc3)cc2)NC(=O)[C@H](C(C)C)NC(=O)[C@H](Cc2c[nH]c3ccccc23)NC(=O)[C@H](CC(=O)O)NC(=O)[C@H](Cc2ccc(O)cc2)NC(=O)[C@H](Cc2cnc[nH]2)NC(=O)CSC[C@@H](C(=O)NCC(N)=O)NC(=O)[C@H](CO)NC(=O)[C@H](C(C)C)NC1=O. The van der Waals surface area contributed by atoms with Crippen LogP contribution in [0.5, 0.6) is 5.75 Å². The fraction of sp³-hybridized carbons (Fsp3) is 0.448. The summed E-state index contributed by atoms with van der Waals surface area (Å²) < 4.78 is 0. The van der Waals surface area contributed by atoms with Gasteiger partial charge in [0.25, 0.3) is 0 Å². The van der Waals surface area contributed by atoms with Crippen molar-refractivity contribution in [3.8, 4) is 16.9 Å². The number of fused-ring (bicyclic) bond motifs is 1. The van der Waals surface area contributed by atoms with Gasteiger partial charge in [-0.25, -0.2) is 4.98 Å². The molecule has 26 N–H and O–H groups in total. The topological polar surface area (TPSA) is 672 Å². The van der Waals surface area contributed by atoms with Gasteiger partial charge in [-0.3, -0.25) is 86.9 Å². The molecule has 754 valence electrons. The molecule has 16 amide bonds. The van der Waals surface area contributed by atoms with Crippen LogP contribution in [0, 0.1) is 23.2 Å². The Morgan fingerprint density at radius 2 is 0.993 bits per heavy atom. The Labute approximate surface area is 813 Å². The Balaban J connectivity index is 1.22. The lowest BCUT2D eigenvalue weighted by molar-refractivity contribution is -0.148. The van der Waals surface area contributed by atoms with Gasteiger partial charge >= 0.3 is 5.97 Å². The molecule has 44 heteroatoms. The van der Waals surface area contributed by atoms with E-state index in [0.717, 1.165) is 20.9 Å². The van der Waals surface area contributed by atoms with Crippen LogP contribution in [0.25, 0.3) is 22.0 Å². The third kappa shape index (κ3) is 34.1. The number of benzene rings is 5. The van der Waals surface area contributed by atoms with Gasteiger partial charge in [-0.2, -0.15) is 0 Å². The normalized spacial score (nSPS) is 22.7. The fourth-order valence-electron chi connectivity index (χ4n) is 15.5. The number of aliphatic carboxylic acids is 1. The monoisotopic (exact) mass is 1960 g/mol. The van der Waals surface area contributed by atoms with Crippen molar-refractivity contribution >= 4 is 129 Å². The molecule has 0 unspecified atom stereocenters. The molecule has 7 aromatic rings. The van der Waals surface area contributed by atoms with Gasteiger partial charge in [0.2, 0.25) is 94.5 Å². The molecule has 2 aromatic heterocycles. The minimum absolute atomic E-state index is 0.00354. The molecule has 1 aliphatic heterocycles. The number of hydrogen-bond acceptors (Lipinski definition) is 23. The average molecular weight is 1960 g/mol. The Hall–Kier alpha value is -14.8. The number of para-hydroxylation sites is 1. The highest BCUT2D eigenvalue weighted by atomic mass is 32.2. The Bertz CT molecular complexity index is 5440. The molecule has 0 saturated carbocycles. The first-order valence-corrected chi connectivity index (χ1v) is 47.2. The highest BCUT2D eigenvalue weighted by Gasteiger charge is 2.42. The van der Waals surface area contributed by atoms with E-state index in [4.69, 9.17) is 22.6 Å². The van der Waals surface area contributed by atoms with E-state index in [-0.39, 0.29) is 93.8 Å². The predicted molar refractivity (Wildman–Crippen MR) is 519 cm³/mol. The molecule has 140 heavy (non-hydrogen) atoms. The number of nitrogens with zero attached hydrogens (tertiary/aromatic N) is 3. The summed E-state index contributed by atoms with van der Waals surface area (Å²) in [6, 6.07) is 14.2. The number of carboxylic acid groups (broad SMARTS) is 1. The smallest absolute Gasteiger partial charge is 0.305 e. The number of phenols is 1. The largest absolute Gasteiger partial charge is 0.508 e. The number of H-pyrrole nitrogens is 2. The van der Waals surface area contributed by atoms with Crippen molar-refractivity contribution in [3.63, 3.8) is 0 Å². The van der Waals surface area contributed by atoms with Crippen molar-refractivity contribution in [1.82, 2.24) is 99.2 Å². The fourth-order valence-corrected chi connectivity index (χ4v) is 16.3. The lowest BCUT2D eigenvalue weighted by Gasteiger charge is -2.35. The number of thioether (sulfide) groups is 1. The number of hydrogen-bond donors (Lipinski definition) is 23. The number of primary amides is 1. The third-order valence-corrected chi connectivity index (χ3v) is 24.4. The summed E-state index contributed by atoms with van der Waals surface area (Å²) in [6.45, 7) is 9.17. The zero-order chi connectivity index (χ0) is 103. The first-order chi connectivity index (χ1) is 66.6. The molecule has 14 atom stereocenters. The van der Waals surface area contributed by atoms with Crippen molar-refractivity contribution in [3.05, 3.63) is 180 Å². The molecule has 1 saturated heterocycles. The molecular formula is C96H129N23O20S. The summed E-state index contributed by atoms with van der Waals surface area (Å²) in [5.74, 6) is -21.5. The maximum Gasteiger partial charge on any atom is 0.305 e. The van der Waals surface area contributed by atoms with Gasteiger partial charge in [0.1, 0.15) is 90.3 Å². The summed E-state index contributed by atoms with van der Waals surface area (Å²) >= 11 is 0.691. The maximum atomic E-state index is 15.5. The second kappa shape index (κ2) is 54.4. The Kier molecular flexibility index (Phi) is 42.9. The van der Waals surface area contributed by atoms with Gasteiger partial charge in [-0.1, -0.05) is 157 Å². The molecule has 0 bridgehead atoms. The highest BCUT2D eigenvalue weighted by molar-refractivity contribution is 8.00. The second-order valence-electron chi connectivity index (χ2n) is 35.4. The molecule has 1 fully saturated rings. The van der Waals surface area contributed by atoms with Crippen LogP contribution >= 0.6 is 11.8 Å². The number of phenolic OH excluding ortho intramolecular Hbond substituents is 1. The highest BCUT2D eigenvalue weighted by Crippen LogP contribution is 2.25. The number of carbonyl (C=O) groups is 17. The number of aromatic amines is 2. The van der Waals surface area contributed by atoms with E-state index in [1.807, 2.05) is 30.3 Å². The van der Waals surface area contributed by atoms with E-state index in [1.165, 1.54) is 71.7 Å². The zero-order valence-electron chi connectivity index (χ0n) is 79.5. The molecule has 0 aliphatic carbocycles. The minimum Gasteiger partial charge on any atom is -0.508 e. The van der Waals surface area contributed by atoms with Crippen molar-refractivity contribution in [2.24, 2.45) is 35.0 Å². The number of nitrogens with one attached hydrogen (secondary N) is 17. The molecule has 1 aliphatic rings. The van der Waals surface area contributed by atoms with E-state index in [9.17, 15) is 53.7 Å². The van der Waals surface area contributed by atoms with Crippen LogP contribution in [0.15, 0.2) is 152 Å². The van der Waals surface area contributed by atoms with E-state index >= 15 is 43.2 Å². The Morgan fingerprint density at radius 3 is 1.56 bits per heavy atom. The number of rotatable bonds is 28. The molecule has 5 aromatic carbocycles. The van der Waals surface area contributed by atoms with Gasteiger partial charge < -0.3 is 127 Å². The standard InChI is InChI=1S/C96H129N23O20S/c1-52(2)38-68-88(132)116-81(54(5)6)93(137)114-74(48-120)90(134)115-75(82(126)104-47-77(98)122)49-140-50-78(123)106-72(43-62-46-101-51-105-62)86(130)110-69(40-58-30-34-63(121)35-31-58)85(129)112-73(44-79(124)125)87(131)111-71(42-61-45-103-65-25-17-16-24-64(61)65)89(133)117-80(53(3)4)92(136)113-70(39-57-28-32-60(33-29-57)59-22-14-11-15-23-59)84(128)108-67(26-18-36-97)95(139)118(8)55(7)94(138)119(9)76(41-56-20-12-10-13-21-56)91(135)107-66(83(127)109-68)27-19-37-102-96(99)100/h10-17,20-25,28-35,45-46,51-55,66-76,80-81,103,120-121H,18-19,26-27,36-44,47-50,97H2,1-9H3,(H2,98,122)(H,101,105)(H,104,126)(H,106,123)(H,107,135)(H,108,128)(H,109,127)(H,110,130)(H,111,131)(H,112,129)(H,113,136)(H,114,137)(H,115,134)(H,116,132)(H,117,133)(H,124,125)(H4,99,100,102)/t55-,66-,67-,68-,69-,70-,71-,72-,73-,74-,75-,76-,80-,81-/m0/s1. The summed E-state index contributed by atoms with van der Waals surface area (Å²) in [5.41, 5.74) is 21.3. The van der Waals surface area contributed by atoms with Gasteiger partial charge in [-0.05, 0) is 115 Å². The van der Waals surface area contributed by atoms with Crippen molar-refractivity contribution in [1.29, 1.82) is 5.41 Å². The van der Waals surface area contributed by atoms with Crippen LogP contribution in [-0.2, 0) is 114 Å². The van der Waals surface area contributed by atoms with E-state index < -0.39 is 240 Å². The maximum absolute atomic E-state index is 15.5. The molecule has 3 heterocycles.